The van der Waals surface area contributed by atoms with Gasteiger partial charge in [-0.2, -0.15) is 0 Å². The van der Waals surface area contributed by atoms with Gasteiger partial charge in [-0.15, -0.1) is 0 Å². The summed E-state index contributed by atoms with van der Waals surface area (Å²) >= 11 is 0. The number of aryl methyl sites for hydroxylation is 2. The van der Waals surface area contributed by atoms with Crippen molar-refractivity contribution in [2.75, 3.05) is 16.8 Å². The fourth-order valence-electron chi connectivity index (χ4n) is 3.57. The highest BCUT2D eigenvalue weighted by atomic mass is 16.2. The van der Waals surface area contributed by atoms with Crippen LogP contribution in [0.4, 0.5) is 11.4 Å². The van der Waals surface area contributed by atoms with E-state index in [0.29, 0.717) is 25.8 Å². The lowest BCUT2D eigenvalue weighted by Crippen LogP contribution is -2.34. The monoisotopic (exact) mass is 350 g/mol. The van der Waals surface area contributed by atoms with Crippen molar-refractivity contribution in [2.24, 2.45) is 5.92 Å². The van der Waals surface area contributed by atoms with Crippen LogP contribution in [0.2, 0.25) is 0 Å². The van der Waals surface area contributed by atoms with Crippen molar-refractivity contribution in [1.29, 1.82) is 0 Å². The smallest absolute Gasteiger partial charge is 0.227 e. The lowest BCUT2D eigenvalue weighted by Gasteiger charge is -2.27. The van der Waals surface area contributed by atoms with E-state index in [0.717, 1.165) is 28.1 Å². The molecule has 1 heterocycles. The number of anilines is 2. The predicted molar refractivity (Wildman–Crippen MR) is 105 cm³/mol. The van der Waals surface area contributed by atoms with E-state index in [9.17, 15) is 9.59 Å². The Morgan fingerprint density at radius 1 is 1.19 bits per heavy atom. The topological polar surface area (TPSA) is 49.4 Å². The molecule has 0 aliphatic carbocycles. The molecule has 0 fully saturated rings. The molecule has 3 rings (SSSR count). The standard InChI is InChI=1S/C22H26N2O2/c1-4-24(20-13-15(2)9-10-16(20)3)21(25)12-11-18-14-17-7-5-6-8-19(17)23-22(18)26/h5-10,13,18H,4,11-12,14H2,1-3H3,(H,23,26). The Morgan fingerprint density at radius 2 is 1.96 bits per heavy atom. The number of benzene rings is 2. The molecule has 0 aromatic heterocycles. The Bertz CT molecular complexity index is 829. The summed E-state index contributed by atoms with van der Waals surface area (Å²) in [5, 5.41) is 2.96. The van der Waals surface area contributed by atoms with E-state index >= 15 is 0 Å². The van der Waals surface area contributed by atoms with Crippen molar-refractivity contribution in [3.05, 3.63) is 59.2 Å². The summed E-state index contributed by atoms with van der Waals surface area (Å²) in [6, 6.07) is 14.0. The zero-order chi connectivity index (χ0) is 18.7. The van der Waals surface area contributed by atoms with E-state index in [1.54, 1.807) is 0 Å². The summed E-state index contributed by atoms with van der Waals surface area (Å²) in [4.78, 5) is 27.0. The Balaban J connectivity index is 1.68. The number of carbonyl (C=O) groups excluding carboxylic acids is 2. The molecular formula is C22H26N2O2. The van der Waals surface area contributed by atoms with Crippen LogP contribution in [0.1, 0.15) is 36.5 Å². The summed E-state index contributed by atoms with van der Waals surface area (Å²) in [6.07, 6.45) is 1.65. The van der Waals surface area contributed by atoms with Gasteiger partial charge in [-0.25, -0.2) is 0 Å². The molecule has 1 aliphatic rings. The number of nitrogens with one attached hydrogen (secondary N) is 1. The molecule has 2 aromatic carbocycles. The summed E-state index contributed by atoms with van der Waals surface area (Å²) in [5.74, 6) is -0.0506. The van der Waals surface area contributed by atoms with E-state index < -0.39 is 0 Å². The third-order valence-corrected chi connectivity index (χ3v) is 5.09. The molecule has 0 saturated carbocycles. The lowest BCUT2D eigenvalue weighted by molar-refractivity contribution is -0.121. The molecule has 2 amide bonds. The summed E-state index contributed by atoms with van der Waals surface area (Å²) < 4.78 is 0. The second-order valence-corrected chi connectivity index (χ2v) is 7.01. The highest BCUT2D eigenvalue weighted by Crippen LogP contribution is 2.28. The minimum absolute atomic E-state index is 0.0197. The van der Waals surface area contributed by atoms with Crippen LogP contribution in [0.25, 0.3) is 0 Å². The van der Waals surface area contributed by atoms with E-state index in [1.807, 2.05) is 56.0 Å². The van der Waals surface area contributed by atoms with Crippen LogP contribution in [0, 0.1) is 19.8 Å². The summed E-state index contributed by atoms with van der Waals surface area (Å²) in [5.41, 5.74) is 5.24. The Labute approximate surface area is 155 Å². The van der Waals surface area contributed by atoms with E-state index in [2.05, 4.69) is 17.4 Å². The molecule has 1 aliphatic heterocycles. The molecular weight excluding hydrogens is 324 g/mol. The molecule has 0 spiro atoms. The van der Waals surface area contributed by atoms with Crippen molar-refractivity contribution < 1.29 is 9.59 Å². The molecule has 136 valence electrons. The van der Waals surface area contributed by atoms with E-state index in [-0.39, 0.29) is 17.7 Å². The van der Waals surface area contributed by atoms with Crippen LogP contribution in [-0.2, 0) is 16.0 Å². The Hall–Kier alpha value is -2.62. The number of hydrogen-bond acceptors (Lipinski definition) is 2. The first-order valence-corrected chi connectivity index (χ1v) is 9.26. The van der Waals surface area contributed by atoms with E-state index in [1.165, 1.54) is 0 Å². The highest BCUT2D eigenvalue weighted by molar-refractivity contribution is 5.97. The zero-order valence-electron chi connectivity index (χ0n) is 15.7. The molecule has 26 heavy (non-hydrogen) atoms. The second kappa shape index (κ2) is 7.73. The van der Waals surface area contributed by atoms with Crippen LogP contribution >= 0.6 is 0 Å². The molecule has 4 nitrogen and oxygen atoms in total. The van der Waals surface area contributed by atoms with Gasteiger partial charge >= 0.3 is 0 Å². The average molecular weight is 350 g/mol. The van der Waals surface area contributed by atoms with Gasteiger partial charge in [0.25, 0.3) is 0 Å². The molecule has 2 aromatic rings. The lowest BCUT2D eigenvalue weighted by atomic mass is 9.89. The van der Waals surface area contributed by atoms with Crippen molar-refractivity contribution in [2.45, 2.75) is 40.0 Å². The van der Waals surface area contributed by atoms with Gasteiger partial charge in [0.2, 0.25) is 11.8 Å². The fraction of sp³-hybridized carbons (Fsp3) is 0.364. The normalized spacial score (nSPS) is 16.0. The fourth-order valence-corrected chi connectivity index (χ4v) is 3.57. The number of rotatable bonds is 5. The quantitative estimate of drug-likeness (QED) is 0.876. The number of hydrogen-bond donors (Lipinski definition) is 1. The van der Waals surface area contributed by atoms with Crippen LogP contribution in [0.3, 0.4) is 0 Å². The van der Waals surface area contributed by atoms with Gasteiger partial charge in [0.15, 0.2) is 0 Å². The van der Waals surface area contributed by atoms with Crippen LogP contribution in [0.15, 0.2) is 42.5 Å². The van der Waals surface area contributed by atoms with Crippen LogP contribution < -0.4 is 10.2 Å². The number of fused-ring (bicyclic) bond motifs is 1. The van der Waals surface area contributed by atoms with Gasteiger partial charge < -0.3 is 10.2 Å². The van der Waals surface area contributed by atoms with Gasteiger partial charge in [0.1, 0.15) is 0 Å². The summed E-state index contributed by atoms with van der Waals surface area (Å²) in [6.45, 7) is 6.67. The van der Waals surface area contributed by atoms with Gasteiger partial charge in [-0.3, -0.25) is 9.59 Å². The van der Waals surface area contributed by atoms with Crippen molar-refractivity contribution >= 4 is 23.2 Å². The van der Waals surface area contributed by atoms with Gasteiger partial charge in [0.05, 0.1) is 0 Å². The third kappa shape index (κ3) is 3.79. The van der Waals surface area contributed by atoms with E-state index in [4.69, 9.17) is 0 Å². The van der Waals surface area contributed by atoms with Crippen molar-refractivity contribution in [3.8, 4) is 0 Å². The third-order valence-electron chi connectivity index (χ3n) is 5.09. The molecule has 1 N–H and O–H groups in total. The minimum Gasteiger partial charge on any atom is -0.326 e. The number of nitrogens with zero attached hydrogens (tertiary/aromatic N) is 1. The molecule has 0 saturated heterocycles. The highest BCUT2D eigenvalue weighted by Gasteiger charge is 2.27. The van der Waals surface area contributed by atoms with Gasteiger partial charge in [-0.1, -0.05) is 30.3 Å². The molecule has 1 unspecified atom stereocenters. The van der Waals surface area contributed by atoms with Crippen molar-refractivity contribution in [1.82, 2.24) is 0 Å². The average Bonchev–Trinajstić information content (AvgIpc) is 2.63. The maximum atomic E-state index is 12.8. The largest absolute Gasteiger partial charge is 0.326 e. The van der Waals surface area contributed by atoms with Crippen LogP contribution in [-0.4, -0.2) is 18.4 Å². The van der Waals surface area contributed by atoms with Gasteiger partial charge in [-0.05, 0) is 62.4 Å². The SMILES string of the molecule is CCN(C(=O)CCC1Cc2ccccc2NC1=O)c1cc(C)ccc1C. The molecule has 4 heteroatoms. The zero-order valence-corrected chi connectivity index (χ0v) is 15.7. The number of amides is 2. The Kier molecular flexibility index (Phi) is 5.40. The second-order valence-electron chi connectivity index (χ2n) is 7.01. The first kappa shape index (κ1) is 18.2. The molecule has 0 radical (unpaired) electrons. The maximum absolute atomic E-state index is 12.8. The summed E-state index contributed by atoms with van der Waals surface area (Å²) in [7, 11) is 0. The minimum atomic E-state index is -0.147. The first-order chi connectivity index (χ1) is 12.5. The predicted octanol–water partition coefficient (Wildman–Crippen LogP) is 4.25. The van der Waals surface area contributed by atoms with Crippen molar-refractivity contribution in [3.63, 3.8) is 0 Å². The number of para-hydroxylation sites is 1. The van der Waals surface area contributed by atoms with Crippen LogP contribution in [0.5, 0.6) is 0 Å². The van der Waals surface area contributed by atoms with Gasteiger partial charge in [0, 0.05) is 30.3 Å². The first-order valence-electron chi connectivity index (χ1n) is 9.26. The molecule has 0 bridgehead atoms. The molecule has 1 atom stereocenters. The number of carbonyl (C=O) groups is 2. The maximum Gasteiger partial charge on any atom is 0.227 e. The Morgan fingerprint density at radius 3 is 2.73 bits per heavy atom.